The third kappa shape index (κ3) is 4.49. The number of hydrogen-bond acceptors (Lipinski definition) is 4. The fourth-order valence-corrected chi connectivity index (χ4v) is 14.3. The number of nitrogens with zero attached hydrogens (tertiary/aromatic N) is 8. The van der Waals surface area contributed by atoms with Crippen molar-refractivity contribution < 1.29 is 35.5 Å². The molecule has 310 valence electrons. The summed E-state index contributed by atoms with van der Waals surface area (Å²) in [6.07, 6.45) is -0.0283. The normalized spacial score (nSPS) is 39.9. The Balaban J connectivity index is 1.19. The summed E-state index contributed by atoms with van der Waals surface area (Å²) in [6.45, 7) is 12.9. The molecule has 0 N–H and O–H groups in total. The van der Waals surface area contributed by atoms with Crippen LogP contribution in [0.3, 0.4) is 0 Å². The molecule has 6 aliphatic heterocycles. The van der Waals surface area contributed by atoms with Crippen LogP contribution in [0.5, 0.6) is 0 Å². The van der Waals surface area contributed by atoms with Gasteiger partial charge in [-0.05, 0) is 105 Å². The number of halogens is 6. The van der Waals surface area contributed by atoms with Crippen LogP contribution in [-0.4, -0.2) is 54.0 Å². The molecule has 0 amide bonds. The molecule has 12 rings (SSSR count). The molecule has 4 saturated carbocycles. The maximum absolute atomic E-state index is 15.0. The smallest absolute Gasteiger partial charge is 0.212 e. The molecule has 0 radical (unpaired) electrons. The van der Waals surface area contributed by atoms with Gasteiger partial charge in [-0.25, -0.2) is 14.1 Å². The Morgan fingerprint density at radius 3 is 1.53 bits per heavy atom. The Kier molecular flexibility index (Phi) is 7.24. The van der Waals surface area contributed by atoms with E-state index in [9.17, 15) is 0 Å². The Morgan fingerprint density at radius 2 is 1.00 bits per heavy atom. The summed E-state index contributed by atoms with van der Waals surface area (Å²) >= 11 is 0. The van der Waals surface area contributed by atoms with E-state index in [1.807, 2.05) is 29.1 Å². The van der Waals surface area contributed by atoms with Crippen molar-refractivity contribution in [3.63, 3.8) is 0 Å². The van der Waals surface area contributed by atoms with Crippen LogP contribution in [0.2, 0.25) is 0 Å². The Morgan fingerprint density at radius 1 is 0.542 bits per heavy atom. The highest BCUT2D eigenvalue weighted by Gasteiger charge is 2.70. The molecule has 0 bridgehead atoms. The van der Waals surface area contributed by atoms with Crippen LogP contribution in [0.25, 0.3) is 0 Å². The predicted octanol–water partition coefficient (Wildman–Crippen LogP) is 9.21. The van der Waals surface area contributed by atoms with E-state index in [1.165, 1.54) is 0 Å². The fraction of sp³-hybridized carbons (Fsp3) is 0.644. The Hall–Kier alpha value is -4.10. The van der Waals surface area contributed by atoms with Crippen LogP contribution in [0.4, 0.5) is 38.0 Å². The second kappa shape index (κ2) is 11.6. The van der Waals surface area contributed by atoms with Crippen LogP contribution in [0.1, 0.15) is 116 Å². The van der Waals surface area contributed by atoms with Gasteiger partial charge in [0.1, 0.15) is 11.3 Å². The topological polar surface area (TPSA) is 65.3 Å². The summed E-state index contributed by atoms with van der Waals surface area (Å²) in [5.41, 5.74) is 4.52. The van der Waals surface area contributed by atoms with Crippen molar-refractivity contribution in [3.05, 3.63) is 57.5 Å². The summed E-state index contributed by atoms with van der Waals surface area (Å²) in [5, 5.41) is 0. The average Bonchev–Trinajstić information content (AvgIpc) is 4.03. The van der Waals surface area contributed by atoms with Gasteiger partial charge in [-0.3, -0.25) is 0 Å². The molecule has 59 heavy (non-hydrogen) atoms. The van der Waals surface area contributed by atoms with Crippen molar-refractivity contribution in [2.75, 3.05) is 0 Å². The number of rotatable bonds is 4. The van der Waals surface area contributed by atoms with Crippen molar-refractivity contribution in [2.45, 2.75) is 123 Å². The third-order valence-electron chi connectivity index (χ3n) is 16.9. The van der Waals surface area contributed by atoms with Crippen LogP contribution in [0.15, 0.2) is 55.4 Å². The number of alkyl halides is 6. The third-order valence-corrected chi connectivity index (χ3v) is 16.9. The first-order chi connectivity index (χ1) is 28.0. The molecule has 1 spiro atoms. The minimum Gasteiger partial charge on any atom is -0.212 e. The Labute approximate surface area is 338 Å². The zero-order chi connectivity index (χ0) is 41.0. The van der Waals surface area contributed by atoms with Crippen molar-refractivity contribution in [3.8, 4) is 0 Å². The summed E-state index contributed by atoms with van der Waals surface area (Å²) in [6, 6.07) is 4.30. The summed E-state index contributed by atoms with van der Waals surface area (Å²) in [7, 11) is 0. The van der Waals surface area contributed by atoms with E-state index in [2.05, 4.69) is 49.0 Å². The van der Waals surface area contributed by atoms with Gasteiger partial charge in [-0.2, -0.15) is 26.3 Å². The lowest BCUT2D eigenvalue weighted by Crippen LogP contribution is -2.72. The van der Waals surface area contributed by atoms with Crippen molar-refractivity contribution >= 4 is 35.0 Å². The minimum absolute atomic E-state index is 0.0250. The zero-order valence-electron chi connectivity index (χ0n) is 34.2. The highest BCUT2D eigenvalue weighted by molar-refractivity contribution is 6.18. The predicted molar refractivity (Wildman–Crippen MR) is 209 cm³/mol. The van der Waals surface area contributed by atoms with Gasteiger partial charge in [0, 0.05) is 52.3 Å². The van der Waals surface area contributed by atoms with Gasteiger partial charge in [-0.1, -0.05) is 56.5 Å². The average molecular weight is 817 g/mol. The van der Waals surface area contributed by atoms with Gasteiger partial charge < -0.3 is 0 Å². The number of aromatic nitrogens is 2. The molecular weight excluding hydrogens is 767 g/mol. The van der Waals surface area contributed by atoms with Crippen molar-refractivity contribution in [2.24, 2.45) is 79.1 Å². The monoisotopic (exact) mass is 816 g/mol. The van der Waals surface area contributed by atoms with Gasteiger partial charge in [0.15, 0.2) is 0 Å². The lowest BCUT2D eigenvalue weighted by molar-refractivity contribution is -0.792. The molecule has 10 aliphatic rings. The maximum Gasteiger partial charge on any atom is 0.402 e. The lowest BCUT2D eigenvalue weighted by atomic mass is 9.82. The van der Waals surface area contributed by atoms with E-state index in [0.717, 1.165) is 42.6 Å². The molecule has 14 heteroatoms. The number of hydrogen-bond donors (Lipinski definition) is 0. The second-order valence-electron chi connectivity index (χ2n) is 20.1. The molecule has 4 fully saturated rings. The largest absolute Gasteiger partial charge is 0.402 e. The van der Waals surface area contributed by atoms with Gasteiger partial charge >= 0.3 is 18.3 Å². The zero-order valence-corrected chi connectivity index (χ0v) is 34.2. The molecule has 2 aromatic rings. The second-order valence-corrected chi connectivity index (χ2v) is 20.1. The molecule has 11 unspecified atom stereocenters. The first-order valence-corrected chi connectivity index (χ1v) is 22.0. The summed E-state index contributed by atoms with van der Waals surface area (Å²) in [5.74, 6) is -1.92. The van der Waals surface area contributed by atoms with Crippen molar-refractivity contribution in [1.29, 1.82) is 0 Å². The van der Waals surface area contributed by atoms with Gasteiger partial charge in [0.25, 0.3) is 23.3 Å². The fourth-order valence-electron chi connectivity index (χ4n) is 14.3. The highest BCUT2D eigenvalue weighted by atomic mass is 19.4. The van der Waals surface area contributed by atoms with Gasteiger partial charge in [0.05, 0.1) is 11.8 Å². The molecule has 4 aliphatic carbocycles. The van der Waals surface area contributed by atoms with Crippen LogP contribution in [0, 0.1) is 59.2 Å². The first kappa shape index (κ1) is 36.7. The van der Waals surface area contributed by atoms with E-state index in [1.54, 1.807) is 6.08 Å². The van der Waals surface area contributed by atoms with Crippen LogP contribution < -0.4 is 11.0 Å². The standard InChI is InChI=1S/C45H50F6N8/c1-19-7-8-20(2)35(19)25-15-31-52-39-26(36-21(3)9-10-22(36)4)16-32-54-41-28(38-24(6)12-14-30(38)44(49,50)51)18-34-55-42-27(37-23(5)11-13-29(37)43(46,47)48)17-33-53-40(25)56(31)45(57(32)39,58(33)42)59(34)41/h15-24,29-30,35-38H,7-14H2,1-6H3/q+2. The van der Waals surface area contributed by atoms with Gasteiger partial charge in [-0.15, -0.1) is 9.15 Å². The van der Waals surface area contributed by atoms with E-state index < -0.39 is 41.9 Å². The quantitative estimate of drug-likeness (QED) is 0.218. The van der Waals surface area contributed by atoms with Crippen LogP contribution in [-0.2, 0) is 5.91 Å². The minimum atomic E-state index is -4.42. The van der Waals surface area contributed by atoms with E-state index >= 15 is 26.3 Å². The lowest BCUT2D eigenvalue weighted by Gasteiger charge is -2.42. The summed E-state index contributed by atoms with van der Waals surface area (Å²) < 4.78 is 98.4. The highest BCUT2D eigenvalue weighted by Crippen LogP contribution is 2.58. The molecule has 0 aromatic carbocycles. The van der Waals surface area contributed by atoms with Gasteiger partial charge in [0.2, 0.25) is 11.3 Å². The Bertz CT molecular complexity index is 2590. The van der Waals surface area contributed by atoms with E-state index in [-0.39, 0.29) is 36.5 Å². The first-order valence-electron chi connectivity index (χ1n) is 22.0. The van der Waals surface area contributed by atoms with Crippen molar-refractivity contribution in [1.82, 2.24) is 9.13 Å². The molecular formula is C45H50F6N8+2. The SMILES string of the molecule is CC1CCC(C(F)(F)F)C1C1=CC2=[N+]3C1=NC1=[N+]4C(=Nc5cc(C6C(C)CCC6C)c6n5C43n3c(cc(C4C(C)CCC4C)c3=N2)=N6)C(C2C(C)CCC2C(F)(F)F)=C1. The number of aliphatic imine (C=N–C) groups is 2. The molecule has 0 saturated heterocycles. The van der Waals surface area contributed by atoms with E-state index in [4.69, 9.17) is 20.0 Å². The maximum atomic E-state index is 15.0. The molecule has 8 heterocycles. The van der Waals surface area contributed by atoms with Crippen LogP contribution >= 0.6 is 0 Å². The molecule has 2 aromatic heterocycles. The van der Waals surface area contributed by atoms with E-state index in [0.29, 0.717) is 87.8 Å². The molecule has 8 nitrogen and oxygen atoms in total. The molecule has 11 atom stereocenters. The summed E-state index contributed by atoms with van der Waals surface area (Å²) in [4.78, 5) is 21.6. The number of amidine groups is 4.